The van der Waals surface area contributed by atoms with E-state index in [1.54, 1.807) is 10.7 Å². The van der Waals surface area contributed by atoms with Crippen molar-refractivity contribution < 1.29 is 13.2 Å². The molecular formula is C24H24F3N5. The molecule has 0 amide bonds. The van der Waals surface area contributed by atoms with E-state index in [-0.39, 0.29) is 12.1 Å². The molecule has 0 bridgehead atoms. The maximum absolute atomic E-state index is 13.7. The zero-order valence-corrected chi connectivity index (χ0v) is 18.0. The predicted octanol–water partition coefficient (Wildman–Crippen LogP) is 5.90. The Labute approximate surface area is 184 Å². The number of hydrogen-bond acceptors (Lipinski definition) is 4. The molecule has 0 saturated carbocycles. The number of rotatable bonds is 6. The van der Waals surface area contributed by atoms with Gasteiger partial charge in [0.1, 0.15) is 5.52 Å². The first-order chi connectivity index (χ1) is 15.4. The summed E-state index contributed by atoms with van der Waals surface area (Å²) in [7, 11) is 5.47. The lowest BCUT2D eigenvalue weighted by atomic mass is 10.0. The van der Waals surface area contributed by atoms with Crippen molar-refractivity contribution in [2.45, 2.75) is 12.7 Å². The van der Waals surface area contributed by atoms with E-state index >= 15 is 0 Å². The highest BCUT2D eigenvalue weighted by Gasteiger charge is 2.34. The van der Waals surface area contributed by atoms with Crippen LogP contribution >= 0.6 is 0 Å². The molecule has 0 radical (unpaired) electrons. The van der Waals surface area contributed by atoms with Gasteiger partial charge < -0.3 is 16.0 Å². The van der Waals surface area contributed by atoms with Gasteiger partial charge in [0, 0.05) is 54.7 Å². The van der Waals surface area contributed by atoms with Gasteiger partial charge in [-0.3, -0.25) is 4.68 Å². The minimum atomic E-state index is -4.49. The van der Waals surface area contributed by atoms with Gasteiger partial charge in [-0.1, -0.05) is 42.5 Å². The largest absolute Gasteiger partial charge is 0.418 e. The van der Waals surface area contributed by atoms with Crippen LogP contribution in [0, 0.1) is 0 Å². The zero-order valence-electron chi connectivity index (χ0n) is 18.0. The van der Waals surface area contributed by atoms with E-state index < -0.39 is 11.7 Å². The molecule has 4 aromatic rings. The molecule has 1 aromatic heterocycles. The van der Waals surface area contributed by atoms with Crippen molar-refractivity contribution in [3.8, 4) is 11.3 Å². The monoisotopic (exact) mass is 439 g/mol. The van der Waals surface area contributed by atoms with Crippen LogP contribution in [0.1, 0.15) is 11.1 Å². The van der Waals surface area contributed by atoms with E-state index in [4.69, 9.17) is 0 Å². The summed E-state index contributed by atoms with van der Waals surface area (Å²) >= 11 is 0. The summed E-state index contributed by atoms with van der Waals surface area (Å²) in [4.78, 5) is 0. The normalized spacial score (nSPS) is 11.6. The van der Waals surface area contributed by atoms with Gasteiger partial charge in [0.25, 0.3) is 0 Å². The van der Waals surface area contributed by atoms with Crippen LogP contribution in [0.4, 0.5) is 30.2 Å². The van der Waals surface area contributed by atoms with Gasteiger partial charge in [-0.05, 0) is 18.2 Å². The molecule has 1 heterocycles. The van der Waals surface area contributed by atoms with Crippen molar-refractivity contribution >= 4 is 28.0 Å². The lowest BCUT2D eigenvalue weighted by molar-refractivity contribution is -0.136. The van der Waals surface area contributed by atoms with Gasteiger partial charge in [-0.25, -0.2) is 0 Å². The van der Waals surface area contributed by atoms with Gasteiger partial charge >= 0.3 is 6.18 Å². The Morgan fingerprint density at radius 3 is 2.06 bits per heavy atom. The average molecular weight is 439 g/mol. The Hall–Kier alpha value is -3.68. The Morgan fingerprint density at radius 2 is 1.50 bits per heavy atom. The van der Waals surface area contributed by atoms with Crippen LogP contribution in [0.3, 0.4) is 0 Å². The van der Waals surface area contributed by atoms with Gasteiger partial charge in [-0.15, -0.1) is 0 Å². The molecule has 0 saturated heterocycles. The molecule has 3 N–H and O–H groups in total. The standard InChI is InChI=1S/C24H24F3N5/c1-28-16-12-20(29-2)18(21(13-16)30-3)14-32-23(15-8-5-4-6-9-15)17-10-7-11-19(22(17)31-32)24(25,26)27/h4-13,28-30H,14H2,1-3H3. The number of halogens is 3. The molecule has 5 nitrogen and oxygen atoms in total. The van der Waals surface area contributed by atoms with Crippen LogP contribution in [0.5, 0.6) is 0 Å². The minimum absolute atomic E-state index is 0.0530. The molecule has 8 heteroatoms. The third-order valence-electron chi connectivity index (χ3n) is 5.51. The lowest BCUT2D eigenvalue weighted by Gasteiger charge is -2.18. The molecule has 0 aliphatic heterocycles. The highest BCUT2D eigenvalue weighted by atomic mass is 19.4. The number of alkyl halides is 3. The van der Waals surface area contributed by atoms with Crippen LogP contribution in [-0.4, -0.2) is 30.9 Å². The first-order valence-corrected chi connectivity index (χ1v) is 10.2. The van der Waals surface area contributed by atoms with E-state index in [0.29, 0.717) is 11.1 Å². The van der Waals surface area contributed by atoms with E-state index in [2.05, 4.69) is 21.0 Å². The third kappa shape index (κ3) is 3.84. The molecule has 166 valence electrons. The first-order valence-electron chi connectivity index (χ1n) is 10.2. The molecule has 0 aliphatic carbocycles. The van der Waals surface area contributed by atoms with Crippen LogP contribution in [-0.2, 0) is 12.7 Å². The van der Waals surface area contributed by atoms with E-state index in [0.717, 1.165) is 34.3 Å². The Balaban J connectivity index is 1.98. The van der Waals surface area contributed by atoms with Crippen LogP contribution in [0.15, 0.2) is 60.7 Å². The highest BCUT2D eigenvalue weighted by molar-refractivity contribution is 5.95. The first kappa shape index (κ1) is 21.5. The topological polar surface area (TPSA) is 53.9 Å². The minimum Gasteiger partial charge on any atom is -0.388 e. The molecular weight excluding hydrogens is 415 g/mol. The zero-order chi connectivity index (χ0) is 22.9. The molecule has 32 heavy (non-hydrogen) atoms. The Bertz CT molecular complexity index is 1220. The van der Waals surface area contributed by atoms with E-state index in [9.17, 15) is 13.2 Å². The fourth-order valence-electron chi connectivity index (χ4n) is 3.98. The fourth-order valence-corrected chi connectivity index (χ4v) is 3.98. The Morgan fingerprint density at radius 1 is 0.844 bits per heavy atom. The number of nitrogens with one attached hydrogen (secondary N) is 3. The molecule has 3 aromatic carbocycles. The summed E-state index contributed by atoms with van der Waals surface area (Å²) in [6, 6.07) is 17.5. The predicted molar refractivity (Wildman–Crippen MR) is 124 cm³/mol. The SMILES string of the molecule is CNc1cc(NC)c(Cn2nc3c(C(F)(F)F)cccc3c2-c2ccccc2)c(NC)c1. The van der Waals surface area contributed by atoms with Gasteiger partial charge in [-0.2, -0.15) is 18.3 Å². The van der Waals surface area contributed by atoms with E-state index in [1.807, 2.05) is 63.6 Å². The number of hydrogen-bond donors (Lipinski definition) is 3. The van der Waals surface area contributed by atoms with Gasteiger partial charge in [0.15, 0.2) is 0 Å². The van der Waals surface area contributed by atoms with Crippen molar-refractivity contribution in [3.05, 3.63) is 71.8 Å². The highest BCUT2D eigenvalue weighted by Crippen LogP contribution is 2.39. The smallest absolute Gasteiger partial charge is 0.388 e. The number of nitrogens with zero attached hydrogens (tertiary/aromatic N) is 2. The molecule has 0 aliphatic rings. The summed E-state index contributed by atoms with van der Waals surface area (Å²) in [5.74, 6) is 0. The fraction of sp³-hybridized carbons (Fsp3) is 0.208. The second-order valence-corrected chi connectivity index (χ2v) is 7.37. The van der Waals surface area contributed by atoms with Crippen LogP contribution in [0.25, 0.3) is 22.2 Å². The van der Waals surface area contributed by atoms with Crippen LogP contribution < -0.4 is 16.0 Å². The maximum atomic E-state index is 13.7. The molecule has 0 unspecified atom stereocenters. The average Bonchev–Trinajstić information content (AvgIpc) is 3.16. The third-order valence-corrected chi connectivity index (χ3v) is 5.51. The number of anilines is 3. The maximum Gasteiger partial charge on any atom is 0.418 e. The summed E-state index contributed by atoms with van der Waals surface area (Å²) < 4.78 is 42.9. The molecule has 4 rings (SSSR count). The van der Waals surface area contributed by atoms with Crippen molar-refractivity contribution in [1.29, 1.82) is 0 Å². The summed E-state index contributed by atoms with van der Waals surface area (Å²) in [6.07, 6.45) is -4.49. The second kappa shape index (κ2) is 8.45. The lowest BCUT2D eigenvalue weighted by Crippen LogP contribution is -2.10. The van der Waals surface area contributed by atoms with E-state index in [1.165, 1.54) is 6.07 Å². The summed E-state index contributed by atoms with van der Waals surface area (Å²) in [5, 5.41) is 14.4. The second-order valence-electron chi connectivity index (χ2n) is 7.37. The Kier molecular flexibility index (Phi) is 5.69. The summed E-state index contributed by atoms with van der Waals surface area (Å²) in [5.41, 5.74) is 4.18. The van der Waals surface area contributed by atoms with Gasteiger partial charge in [0.05, 0.1) is 17.8 Å². The van der Waals surface area contributed by atoms with Crippen molar-refractivity contribution in [3.63, 3.8) is 0 Å². The number of benzene rings is 3. The van der Waals surface area contributed by atoms with Crippen molar-refractivity contribution in [2.75, 3.05) is 37.1 Å². The molecule has 0 spiro atoms. The number of aromatic nitrogens is 2. The molecule has 0 fully saturated rings. The van der Waals surface area contributed by atoms with Gasteiger partial charge in [0.2, 0.25) is 0 Å². The number of fused-ring (bicyclic) bond motifs is 1. The van der Waals surface area contributed by atoms with Crippen molar-refractivity contribution in [2.24, 2.45) is 0 Å². The summed E-state index contributed by atoms with van der Waals surface area (Å²) in [6.45, 7) is 0.284. The van der Waals surface area contributed by atoms with Crippen LogP contribution in [0.2, 0.25) is 0 Å². The molecule has 0 atom stereocenters. The van der Waals surface area contributed by atoms with Crippen molar-refractivity contribution in [1.82, 2.24) is 9.78 Å². The quantitative estimate of drug-likeness (QED) is 0.350.